The van der Waals surface area contributed by atoms with Gasteiger partial charge in [-0.05, 0) is 93.7 Å². The number of rotatable bonds is 4. The highest BCUT2D eigenvalue weighted by molar-refractivity contribution is 5.87. The molecule has 4 aromatic carbocycles. The molecule has 7 rings (SSSR count). The van der Waals surface area contributed by atoms with E-state index in [9.17, 15) is 0 Å². The minimum Gasteiger partial charge on any atom is -0.342 e. The van der Waals surface area contributed by atoms with E-state index in [1.807, 2.05) is 12.4 Å². The number of fused-ring (bicyclic) bond motifs is 6. The van der Waals surface area contributed by atoms with Crippen LogP contribution in [0.15, 0.2) is 107 Å². The molecule has 5 aromatic rings. The van der Waals surface area contributed by atoms with Gasteiger partial charge in [0.1, 0.15) is 0 Å². The van der Waals surface area contributed by atoms with Crippen molar-refractivity contribution in [1.82, 2.24) is 4.57 Å². The zero-order valence-electron chi connectivity index (χ0n) is 20.1. The summed E-state index contributed by atoms with van der Waals surface area (Å²) in [6.07, 6.45) is 5.84. The quantitative estimate of drug-likeness (QED) is 0.240. The predicted octanol–water partition coefficient (Wildman–Crippen LogP) is 7.67. The van der Waals surface area contributed by atoms with E-state index in [0.29, 0.717) is 0 Å². The number of hydrogen-bond acceptors (Lipinski definition) is 2. The molecule has 0 radical (unpaired) electrons. The third-order valence-corrected chi connectivity index (χ3v) is 7.45. The Labute approximate surface area is 211 Å². The molecular formula is C33H25N3. The highest BCUT2D eigenvalue weighted by Crippen LogP contribution is 2.39. The SMILES string of the molecule is Cn1c(C=Nc2ccc3c(c2)Cc2ccccc2-3)ccc1C=Nc1ccc2c(c1)Cc1ccccc1-2. The number of hydrogen-bond donors (Lipinski definition) is 0. The van der Waals surface area contributed by atoms with Crippen LogP contribution in [0.25, 0.3) is 22.3 Å². The first-order valence-corrected chi connectivity index (χ1v) is 12.4. The Balaban J connectivity index is 1.09. The first-order valence-electron chi connectivity index (χ1n) is 12.4. The Morgan fingerprint density at radius 2 is 0.972 bits per heavy atom. The van der Waals surface area contributed by atoms with Crippen LogP contribution in [-0.2, 0) is 19.9 Å². The highest BCUT2D eigenvalue weighted by Gasteiger charge is 2.18. The van der Waals surface area contributed by atoms with Crippen molar-refractivity contribution in [2.45, 2.75) is 12.8 Å². The average molecular weight is 464 g/mol. The minimum atomic E-state index is 0.981. The largest absolute Gasteiger partial charge is 0.342 e. The smallest absolute Gasteiger partial charge is 0.0633 e. The minimum absolute atomic E-state index is 0.981. The summed E-state index contributed by atoms with van der Waals surface area (Å²) in [5.74, 6) is 0. The summed E-state index contributed by atoms with van der Waals surface area (Å²) in [6, 6.07) is 34.5. The molecule has 2 aliphatic rings. The van der Waals surface area contributed by atoms with E-state index in [4.69, 9.17) is 9.98 Å². The van der Waals surface area contributed by atoms with Crippen LogP contribution in [0.4, 0.5) is 11.4 Å². The van der Waals surface area contributed by atoms with Crippen molar-refractivity contribution in [2.75, 3.05) is 0 Å². The third-order valence-electron chi connectivity index (χ3n) is 7.45. The Morgan fingerprint density at radius 3 is 1.47 bits per heavy atom. The second-order valence-corrected chi connectivity index (χ2v) is 9.61. The van der Waals surface area contributed by atoms with Gasteiger partial charge in [-0.2, -0.15) is 0 Å². The molecule has 0 spiro atoms. The topological polar surface area (TPSA) is 29.6 Å². The second kappa shape index (κ2) is 8.31. The summed E-state index contributed by atoms with van der Waals surface area (Å²) in [4.78, 5) is 9.56. The fourth-order valence-electron chi connectivity index (χ4n) is 5.51. The van der Waals surface area contributed by atoms with Crippen LogP contribution in [0.3, 0.4) is 0 Å². The van der Waals surface area contributed by atoms with Gasteiger partial charge in [0, 0.05) is 7.05 Å². The molecule has 0 saturated heterocycles. The number of nitrogens with zero attached hydrogens (tertiary/aromatic N) is 3. The summed E-state index contributed by atoms with van der Waals surface area (Å²) >= 11 is 0. The Morgan fingerprint density at radius 1 is 0.528 bits per heavy atom. The third kappa shape index (κ3) is 3.52. The van der Waals surface area contributed by atoms with Crippen molar-refractivity contribution < 1.29 is 0 Å². The van der Waals surface area contributed by atoms with Gasteiger partial charge in [0.25, 0.3) is 0 Å². The zero-order chi connectivity index (χ0) is 24.1. The van der Waals surface area contributed by atoms with Crippen molar-refractivity contribution >= 4 is 23.8 Å². The van der Waals surface area contributed by atoms with Gasteiger partial charge in [0.05, 0.1) is 35.2 Å². The van der Waals surface area contributed by atoms with Gasteiger partial charge in [0.15, 0.2) is 0 Å². The summed E-state index contributed by atoms with van der Waals surface area (Å²) in [7, 11) is 2.06. The Bertz CT molecular complexity index is 1580. The van der Waals surface area contributed by atoms with Crippen LogP contribution >= 0.6 is 0 Å². The first-order chi connectivity index (χ1) is 17.7. The highest BCUT2D eigenvalue weighted by atomic mass is 15.0. The zero-order valence-corrected chi connectivity index (χ0v) is 20.1. The first kappa shape index (κ1) is 20.8. The van der Waals surface area contributed by atoms with Crippen LogP contribution in [0.5, 0.6) is 0 Å². The maximum absolute atomic E-state index is 4.78. The maximum atomic E-state index is 4.78. The van der Waals surface area contributed by atoms with E-state index in [-0.39, 0.29) is 0 Å². The van der Waals surface area contributed by atoms with Crippen molar-refractivity contribution in [3.8, 4) is 22.3 Å². The van der Waals surface area contributed by atoms with Gasteiger partial charge >= 0.3 is 0 Å². The second-order valence-electron chi connectivity index (χ2n) is 9.61. The lowest BCUT2D eigenvalue weighted by atomic mass is 10.1. The summed E-state index contributed by atoms with van der Waals surface area (Å²) in [6.45, 7) is 0. The molecule has 36 heavy (non-hydrogen) atoms. The number of aromatic nitrogens is 1. The molecule has 0 N–H and O–H groups in total. The van der Waals surface area contributed by atoms with E-state index >= 15 is 0 Å². The molecule has 0 unspecified atom stereocenters. The molecule has 0 amide bonds. The summed E-state index contributed by atoms with van der Waals surface area (Å²) < 4.78 is 2.12. The number of benzene rings is 4. The number of aliphatic imine (C=N–C) groups is 2. The fraction of sp³-hybridized carbons (Fsp3) is 0.0909. The molecule has 3 nitrogen and oxygen atoms in total. The lowest BCUT2D eigenvalue weighted by molar-refractivity contribution is 0.909. The van der Waals surface area contributed by atoms with E-state index < -0.39 is 0 Å². The lowest BCUT2D eigenvalue weighted by Gasteiger charge is -2.03. The van der Waals surface area contributed by atoms with Crippen LogP contribution < -0.4 is 0 Å². The van der Waals surface area contributed by atoms with E-state index in [2.05, 4.69) is 109 Å². The van der Waals surface area contributed by atoms with Crippen LogP contribution in [-0.4, -0.2) is 17.0 Å². The normalized spacial score (nSPS) is 13.2. The molecule has 0 aliphatic heterocycles. The molecular weight excluding hydrogens is 438 g/mol. The molecule has 0 atom stereocenters. The van der Waals surface area contributed by atoms with Crippen molar-refractivity contribution in [1.29, 1.82) is 0 Å². The molecule has 2 aliphatic carbocycles. The van der Waals surface area contributed by atoms with Crippen LogP contribution in [0, 0.1) is 0 Å². The van der Waals surface area contributed by atoms with E-state index in [1.165, 1.54) is 44.5 Å². The Kier molecular flexibility index (Phi) is 4.81. The lowest BCUT2D eigenvalue weighted by Crippen LogP contribution is -1.99. The standard InChI is InChI=1S/C33H25N3/c1-36-28(20-34-26-10-14-32-24(18-26)16-22-6-2-4-8-30(22)32)12-13-29(36)21-35-27-11-15-33-25(19-27)17-23-7-3-5-9-31(23)33/h2-15,18-21H,16-17H2,1H3. The molecule has 1 heterocycles. The van der Waals surface area contributed by atoms with Gasteiger partial charge in [-0.15, -0.1) is 0 Å². The van der Waals surface area contributed by atoms with Gasteiger partial charge < -0.3 is 4.57 Å². The monoisotopic (exact) mass is 463 g/mol. The van der Waals surface area contributed by atoms with Crippen molar-refractivity contribution in [3.05, 3.63) is 131 Å². The molecule has 0 fully saturated rings. The van der Waals surface area contributed by atoms with Crippen molar-refractivity contribution in [3.63, 3.8) is 0 Å². The van der Waals surface area contributed by atoms with Gasteiger partial charge in [0.2, 0.25) is 0 Å². The summed E-state index contributed by atoms with van der Waals surface area (Å²) in [5, 5.41) is 0. The molecule has 0 bridgehead atoms. The predicted molar refractivity (Wildman–Crippen MR) is 149 cm³/mol. The average Bonchev–Trinajstić information content (AvgIpc) is 3.58. The van der Waals surface area contributed by atoms with E-state index in [1.54, 1.807) is 0 Å². The Hall–Kier alpha value is -4.50. The molecule has 172 valence electrons. The van der Waals surface area contributed by atoms with Gasteiger partial charge in [-0.25, -0.2) is 0 Å². The summed E-state index contributed by atoms with van der Waals surface area (Å²) in [5.41, 5.74) is 14.9. The van der Waals surface area contributed by atoms with E-state index in [0.717, 1.165) is 35.6 Å². The molecule has 0 saturated carbocycles. The van der Waals surface area contributed by atoms with Crippen molar-refractivity contribution in [2.24, 2.45) is 17.0 Å². The van der Waals surface area contributed by atoms with Crippen LogP contribution in [0.2, 0.25) is 0 Å². The van der Waals surface area contributed by atoms with Gasteiger partial charge in [-0.3, -0.25) is 9.98 Å². The van der Waals surface area contributed by atoms with Crippen LogP contribution in [0.1, 0.15) is 33.6 Å². The molecule has 1 aromatic heterocycles. The molecule has 3 heteroatoms. The maximum Gasteiger partial charge on any atom is 0.0633 e. The fourth-order valence-corrected chi connectivity index (χ4v) is 5.51. The van der Waals surface area contributed by atoms with Gasteiger partial charge in [-0.1, -0.05) is 60.7 Å².